The van der Waals surface area contributed by atoms with Gasteiger partial charge in [0, 0.05) is 22.6 Å². The number of hydrogen-bond donors (Lipinski definition) is 1. The maximum absolute atomic E-state index is 6.36. The molecular formula is C16H25NOS. The highest BCUT2D eigenvalue weighted by Gasteiger charge is 2.17. The highest BCUT2D eigenvalue weighted by molar-refractivity contribution is 7.99. The topological polar surface area (TPSA) is 35.2 Å². The Kier molecular flexibility index (Phi) is 5.59. The number of rotatable bonds is 5. The van der Waals surface area contributed by atoms with Crippen molar-refractivity contribution in [2.75, 3.05) is 12.9 Å². The summed E-state index contributed by atoms with van der Waals surface area (Å²) in [4.78, 5) is 0. The molecule has 1 saturated carbocycles. The van der Waals surface area contributed by atoms with E-state index in [1.54, 1.807) is 7.11 Å². The maximum Gasteiger partial charge on any atom is 0.123 e. The van der Waals surface area contributed by atoms with Gasteiger partial charge in [0.05, 0.1) is 7.11 Å². The Morgan fingerprint density at radius 1 is 1.32 bits per heavy atom. The number of hydrogen-bond acceptors (Lipinski definition) is 3. The Morgan fingerprint density at radius 2 is 2.05 bits per heavy atom. The molecule has 1 aromatic carbocycles. The van der Waals surface area contributed by atoms with Gasteiger partial charge >= 0.3 is 0 Å². The van der Waals surface area contributed by atoms with Crippen molar-refractivity contribution in [3.05, 3.63) is 29.3 Å². The molecule has 0 amide bonds. The van der Waals surface area contributed by atoms with E-state index in [9.17, 15) is 0 Å². The summed E-state index contributed by atoms with van der Waals surface area (Å²) < 4.78 is 5.42. The second-order valence-corrected chi connectivity index (χ2v) is 6.78. The number of methoxy groups -OCH3 is 1. The van der Waals surface area contributed by atoms with Crippen LogP contribution in [0.3, 0.4) is 0 Å². The van der Waals surface area contributed by atoms with Gasteiger partial charge in [0.25, 0.3) is 0 Å². The van der Waals surface area contributed by atoms with E-state index in [2.05, 4.69) is 19.1 Å². The summed E-state index contributed by atoms with van der Waals surface area (Å²) in [6, 6.07) is 6.33. The van der Waals surface area contributed by atoms with Gasteiger partial charge in [-0.25, -0.2) is 0 Å². The molecule has 2 nitrogen and oxygen atoms in total. The number of benzene rings is 1. The fourth-order valence-corrected chi connectivity index (χ4v) is 4.03. The first-order valence-corrected chi connectivity index (χ1v) is 8.27. The molecule has 0 aromatic heterocycles. The van der Waals surface area contributed by atoms with Gasteiger partial charge < -0.3 is 10.5 Å². The van der Waals surface area contributed by atoms with Crippen LogP contribution in [0.4, 0.5) is 0 Å². The zero-order valence-electron chi connectivity index (χ0n) is 12.0. The fourth-order valence-electron chi connectivity index (χ4n) is 2.70. The molecule has 19 heavy (non-hydrogen) atoms. The Morgan fingerprint density at radius 3 is 2.74 bits per heavy atom. The monoisotopic (exact) mass is 279 g/mol. The lowest BCUT2D eigenvalue weighted by atomic mass is 10.0. The van der Waals surface area contributed by atoms with Gasteiger partial charge in [0.15, 0.2) is 0 Å². The molecule has 1 unspecified atom stereocenters. The first-order valence-electron chi connectivity index (χ1n) is 7.22. The number of ether oxygens (including phenoxy) is 1. The van der Waals surface area contributed by atoms with E-state index in [1.807, 2.05) is 17.8 Å². The van der Waals surface area contributed by atoms with Crippen LogP contribution in [0.25, 0.3) is 0 Å². The summed E-state index contributed by atoms with van der Waals surface area (Å²) in [5.41, 5.74) is 8.75. The summed E-state index contributed by atoms with van der Waals surface area (Å²) in [5.74, 6) is 1.91. The largest absolute Gasteiger partial charge is 0.496 e. The Hall–Kier alpha value is -0.670. The molecule has 0 heterocycles. The van der Waals surface area contributed by atoms with E-state index in [0.29, 0.717) is 0 Å². The first kappa shape index (κ1) is 14.7. The summed E-state index contributed by atoms with van der Waals surface area (Å²) in [6.45, 7) is 2.10. The molecule has 0 saturated heterocycles. The van der Waals surface area contributed by atoms with Crippen LogP contribution in [0, 0.1) is 6.92 Å². The molecule has 1 aliphatic carbocycles. The molecule has 2 N–H and O–H groups in total. The van der Waals surface area contributed by atoms with Gasteiger partial charge in [-0.15, -0.1) is 0 Å². The van der Waals surface area contributed by atoms with E-state index in [1.165, 1.54) is 37.7 Å². The highest BCUT2D eigenvalue weighted by atomic mass is 32.2. The predicted octanol–water partition coefficient (Wildman–Crippen LogP) is 4.07. The lowest BCUT2D eigenvalue weighted by Gasteiger charge is -2.23. The van der Waals surface area contributed by atoms with Crippen LogP contribution in [0.5, 0.6) is 5.75 Å². The van der Waals surface area contributed by atoms with Crippen LogP contribution in [-0.4, -0.2) is 18.1 Å². The van der Waals surface area contributed by atoms with Crippen LogP contribution >= 0.6 is 11.8 Å². The second kappa shape index (κ2) is 7.20. The van der Waals surface area contributed by atoms with Gasteiger partial charge in [0.2, 0.25) is 0 Å². The van der Waals surface area contributed by atoms with Crippen molar-refractivity contribution in [1.82, 2.24) is 0 Å². The van der Waals surface area contributed by atoms with E-state index >= 15 is 0 Å². The summed E-state index contributed by atoms with van der Waals surface area (Å²) in [5, 5.41) is 0.815. The van der Waals surface area contributed by atoms with Crippen molar-refractivity contribution in [2.24, 2.45) is 5.73 Å². The fraction of sp³-hybridized carbons (Fsp3) is 0.625. The third kappa shape index (κ3) is 4.15. The second-order valence-electron chi connectivity index (χ2n) is 5.45. The molecule has 1 fully saturated rings. The molecule has 1 aromatic rings. The van der Waals surface area contributed by atoms with Crippen molar-refractivity contribution in [3.8, 4) is 5.75 Å². The third-order valence-corrected chi connectivity index (χ3v) is 5.34. The van der Waals surface area contributed by atoms with Crippen LogP contribution in [0.2, 0.25) is 0 Å². The van der Waals surface area contributed by atoms with Crippen LogP contribution in [0.15, 0.2) is 18.2 Å². The third-order valence-electron chi connectivity index (χ3n) is 3.85. The van der Waals surface area contributed by atoms with Crippen LogP contribution < -0.4 is 10.5 Å². The van der Waals surface area contributed by atoms with Gasteiger partial charge in [-0.3, -0.25) is 0 Å². The lowest BCUT2D eigenvalue weighted by Crippen LogP contribution is -2.17. The molecule has 0 aliphatic heterocycles. The average Bonchev–Trinajstić information content (AvgIpc) is 2.46. The quantitative estimate of drug-likeness (QED) is 0.882. The van der Waals surface area contributed by atoms with E-state index < -0.39 is 0 Å². The molecular weight excluding hydrogens is 254 g/mol. The van der Waals surface area contributed by atoms with Crippen molar-refractivity contribution >= 4 is 11.8 Å². The Labute approximate surface area is 121 Å². The van der Waals surface area contributed by atoms with Crippen molar-refractivity contribution in [2.45, 2.75) is 50.3 Å². The minimum absolute atomic E-state index is 0.0711. The summed E-state index contributed by atoms with van der Waals surface area (Å²) in [6.07, 6.45) is 6.92. The standard InChI is InChI=1S/C16H25NOS/c1-12-8-9-16(18-2)14(10-12)15(17)11-19-13-6-4-3-5-7-13/h8-10,13,15H,3-7,11,17H2,1-2H3. The first-order chi connectivity index (χ1) is 9.20. The zero-order valence-corrected chi connectivity index (χ0v) is 12.8. The van der Waals surface area contributed by atoms with E-state index in [4.69, 9.17) is 10.5 Å². The predicted molar refractivity (Wildman–Crippen MR) is 84.0 cm³/mol. The van der Waals surface area contributed by atoms with E-state index in [-0.39, 0.29) is 6.04 Å². The summed E-state index contributed by atoms with van der Waals surface area (Å²) >= 11 is 2.04. The molecule has 0 bridgehead atoms. The van der Waals surface area contributed by atoms with Crippen LogP contribution in [-0.2, 0) is 0 Å². The van der Waals surface area contributed by atoms with Gasteiger partial charge in [-0.2, -0.15) is 11.8 Å². The molecule has 106 valence electrons. The maximum atomic E-state index is 6.36. The number of aryl methyl sites for hydroxylation is 1. The molecule has 3 heteroatoms. The van der Waals surface area contributed by atoms with Gasteiger partial charge in [0.1, 0.15) is 5.75 Å². The Balaban J connectivity index is 1.94. The van der Waals surface area contributed by atoms with Crippen molar-refractivity contribution in [1.29, 1.82) is 0 Å². The van der Waals surface area contributed by atoms with E-state index in [0.717, 1.165) is 22.3 Å². The molecule has 1 aliphatic rings. The average molecular weight is 279 g/mol. The van der Waals surface area contributed by atoms with Crippen LogP contribution in [0.1, 0.15) is 49.3 Å². The summed E-state index contributed by atoms with van der Waals surface area (Å²) in [7, 11) is 1.72. The molecule has 2 rings (SSSR count). The minimum atomic E-state index is 0.0711. The normalized spacial score (nSPS) is 18.3. The van der Waals surface area contributed by atoms with Gasteiger partial charge in [-0.1, -0.05) is 37.0 Å². The molecule has 0 spiro atoms. The SMILES string of the molecule is COc1ccc(C)cc1C(N)CSC1CCCCC1. The Bertz CT molecular complexity index is 402. The molecule has 0 radical (unpaired) electrons. The van der Waals surface area contributed by atoms with Gasteiger partial charge in [-0.05, 0) is 25.8 Å². The minimum Gasteiger partial charge on any atom is -0.496 e. The number of thioether (sulfide) groups is 1. The molecule has 1 atom stereocenters. The lowest BCUT2D eigenvalue weighted by molar-refractivity contribution is 0.407. The smallest absolute Gasteiger partial charge is 0.123 e. The van der Waals surface area contributed by atoms with Crippen molar-refractivity contribution in [3.63, 3.8) is 0 Å². The van der Waals surface area contributed by atoms with Crippen molar-refractivity contribution < 1.29 is 4.74 Å². The zero-order chi connectivity index (χ0) is 13.7. The number of nitrogens with two attached hydrogens (primary N) is 1. The highest BCUT2D eigenvalue weighted by Crippen LogP contribution is 2.32.